The van der Waals surface area contributed by atoms with Crippen molar-refractivity contribution in [2.75, 3.05) is 0 Å². The molecule has 14 heavy (non-hydrogen) atoms. The number of carbonyl (C=O) groups is 1. The van der Waals surface area contributed by atoms with E-state index in [1.807, 2.05) is 20.8 Å². The summed E-state index contributed by atoms with van der Waals surface area (Å²) in [5, 5.41) is 2.95. The molecule has 2 unspecified atom stereocenters. The SMILES string of the molecule is CC(C)NC(=O)C(C)CC(C)C(C)C. The molecule has 84 valence electrons. The first-order valence-electron chi connectivity index (χ1n) is 5.65. The average molecular weight is 199 g/mol. The number of hydrogen-bond acceptors (Lipinski definition) is 1. The van der Waals surface area contributed by atoms with Gasteiger partial charge < -0.3 is 5.32 Å². The molecule has 0 aromatic carbocycles. The van der Waals surface area contributed by atoms with Crippen molar-refractivity contribution < 1.29 is 4.79 Å². The highest BCUT2D eigenvalue weighted by Crippen LogP contribution is 2.19. The summed E-state index contributed by atoms with van der Waals surface area (Å²) in [4.78, 5) is 11.6. The van der Waals surface area contributed by atoms with Crippen LogP contribution in [0.4, 0.5) is 0 Å². The second kappa shape index (κ2) is 6.05. The van der Waals surface area contributed by atoms with Gasteiger partial charge in [0.05, 0.1) is 0 Å². The molecule has 2 atom stereocenters. The summed E-state index contributed by atoms with van der Waals surface area (Å²) in [6, 6.07) is 0.249. The highest BCUT2D eigenvalue weighted by atomic mass is 16.1. The highest BCUT2D eigenvalue weighted by Gasteiger charge is 2.18. The van der Waals surface area contributed by atoms with Crippen LogP contribution in [0.15, 0.2) is 0 Å². The van der Waals surface area contributed by atoms with Crippen LogP contribution in [-0.2, 0) is 4.79 Å². The van der Waals surface area contributed by atoms with E-state index < -0.39 is 0 Å². The lowest BCUT2D eigenvalue weighted by Gasteiger charge is -2.20. The Bertz CT molecular complexity index is 175. The Kier molecular flexibility index (Phi) is 5.82. The Morgan fingerprint density at radius 3 is 1.93 bits per heavy atom. The number of carbonyl (C=O) groups excluding carboxylic acids is 1. The predicted molar refractivity (Wildman–Crippen MR) is 61.1 cm³/mol. The van der Waals surface area contributed by atoms with E-state index in [1.165, 1.54) is 0 Å². The van der Waals surface area contributed by atoms with Gasteiger partial charge in [0.15, 0.2) is 0 Å². The van der Waals surface area contributed by atoms with Gasteiger partial charge in [0, 0.05) is 12.0 Å². The van der Waals surface area contributed by atoms with Crippen LogP contribution in [0.3, 0.4) is 0 Å². The van der Waals surface area contributed by atoms with Crippen molar-refractivity contribution in [3.63, 3.8) is 0 Å². The fraction of sp³-hybridized carbons (Fsp3) is 0.917. The molecule has 0 aromatic rings. The molecule has 2 nitrogen and oxygen atoms in total. The van der Waals surface area contributed by atoms with E-state index >= 15 is 0 Å². The molecule has 0 fully saturated rings. The molecule has 1 N–H and O–H groups in total. The van der Waals surface area contributed by atoms with Crippen molar-refractivity contribution >= 4 is 5.91 Å². The summed E-state index contributed by atoms with van der Waals surface area (Å²) in [7, 11) is 0. The largest absolute Gasteiger partial charge is 0.354 e. The summed E-state index contributed by atoms with van der Waals surface area (Å²) < 4.78 is 0. The van der Waals surface area contributed by atoms with Gasteiger partial charge in [0.2, 0.25) is 5.91 Å². The smallest absolute Gasteiger partial charge is 0.223 e. The van der Waals surface area contributed by atoms with Gasteiger partial charge in [0.1, 0.15) is 0 Å². The van der Waals surface area contributed by atoms with Crippen molar-refractivity contribution in [3.8, 4) is 0 Å². The molecule has 2 heteroatoms. The molecular weight excluding hydrogens is 174 g/mol. The van der Waals surface area contributed by atoms with Gasteiger partial charge in [-0.2, -0.15) is 0 Å². The molecule has 0 radical (unpaired) electrons. The topological polar surface area (TPSA) is 29.1 Å². The molecule has 1 amide bonds. The fourth-order valence-electron chi connectivity index (χ4n) is 1.36. The van der Waals surface area contributed by atoms with Gasteiger partial charge in [-0.1, -0.05) is 27.7 Å². The van der Waals surface area contributed by atoms with Crippen LogP contribution in [-0.4, -0.2) is 11.9 Å². The maximum atomic E-state index is 11.6. The number of rotatable bonds is 5. The predicted octanol–water partition coefficient (Wildman–Crippen LogP) is 2.83. The lowest BCUT2D eigenvalue weighted by Crippen LogP contribution is -2.35. The first kappa shape index (κ1) is 13.5. The third kappa shape index (κ3) is 5.25. The Morgan fingerprint density at radius 1 is 1.07 bits per heavy atom. The molecule has 0 saturated carbocycles. The minimum absolute atomic E-state index is 0.134. The molecule has 0 heterocycles. The van der Waals surface area contributed by atoms with Crippen molar-refractivity contribution in [1.29, 1.82) is 0 Å². The first-order chi connectivity index (χ1) is 6.34. The standard InChI is InChI=1S/C12H25NO/c1-8(2)10(5)7-11(6)12(14)13-9(3)4/h8-11H,7H2,1-6H3,(H,13,14). The monoisotopic (exact) mass is 199 g/mol. The van der Waals surface area contributed by atoms with Gasteiger partial charge in [-0.05, 0) is 32.1 Å². The first-order valence-corrected chi connectivity index (χ1v) is 5.65. The van der Waals surface area contributed by atoms with E-state index in [-0.39, 0.29) is 17.9 Å². The van der Waals surface area contributed by atoms with Crippen molar-refractivity contribution in [1.82, 2.24) is 5.32 Å². The Balaban J connectivity index is 3.95. The van der Waals surface area contributed by atoms with Gasteiger partial charge >= 0.3 is 0 Å². The molecular formula is C12H25NO. The third-order valence-electron chi connectivity index (χ3n) is 2.74. The van der Waals surface area contributed by atoms with Crippen LogP contribution in [0.25, 0.3) is 0 Å². The van der Waals surface area contributed by atoms with E-state index in [2.05, 4.69) is 26.1 Å². The van der Waals surface area contributed by atoms with Crippen LogP contribution in [0.1, 0.15) is 48.0 Å². The van der Waals surface area contributed by atoms with E-state index in [0.29, 0.717) is 11.8 Å². The second-order valence-electron chi connectivity index (χ2n) is 5.02. The molecule has 0 aromatic heterocycles. The molecule has 0 bridgehead atoms. The molecule has 0 rings (SSSR count). The van der Waals surface area contributed by atoms with Gasteiger partial charge in [-0.3, -0.25) is 4.79 Å². The zero-order valence-corrected chi connectivity index (χ0v) is 10.4. The molecule has 0 aliphatic carbocycles. The lowest BCUT2D eigenvalue weighted by molar-refractivity contribution is -0.125. The number of hydrogen-bond donors (Lipinski definition) is 1. The zero-order valence-electron chi connectivity index (χ0n) is 10.4. The van der Waals surface area contributed by atoms with Gasteiger partial charge in [-0.25, -0.2) is 0 Å². The molecule has 0 saturated heterocycles. The van der Waals surface area contributed by atoms with Crippen LogP contribution in [0.5, 0.6) is 0 Å². The minimum atomic E-state index is 0.134. The lowest BCUT2D eigenvalue weighted by atomic mass is 9.88. The Hall–Kier alpha value is -0.530. The van der Waals surface area contributed by atoms with Crippen LogP contribution < -0.4 is 5.32 Å². The molecule has 0 aliphatic heterocycles. The van der Waals surface area contributed by atoms with Crippen LogP contribution >= 0.6 is 0 Å². The summed E-state index contributed by atoms with van der Waals surface area (Å²) in [5.74, 6) is 1.59. The quantitative estimate of drug-likeness (QED) is 0.725. The average Bonchev–Trinajstić information content (AvgIpc) is 2.02. The third-order valence-corrected chi connectivity index (χ3v) is 2.74. The zero-order chi connectivity index (χ0) is 11.3. The van der Waals surface area contributed by atoms with Crippen molar-refractivity contribution in [3.05, 3.63) is 0 Å². The number of amides is 1. The van der Waals surface area contributed by atoms with E-state index in [0.717, 1.165) is 6.42 Å². The Morgan fingerprint density at radius 2 is 1.57 bits per heavy atom. The van der Waals surface area contributed by atoms with Crippen LogP contribution in [0.2, 0.25) is 0 Å². The van der Waals surface area contributed by atoms with Crippen molar-refractivity contribution in [2.24, 2.45) is 17.8 Å². The summed E-state index contributed by atoms with van der Waals surface area (Å²) in [5.41, 5.74) is 0. The van der Waals surface area contributed by atoms with E-state index in [4.69, 9.17) is 0 Å². The fourth-order valence-corrected chi connectivity index (χ4v) is 1.36. The maximum Gasteiger partial charge on any atom is 0.223 e. The van der Waals surface area contributed by atoms with Crippen LogP contribution in [0, 0.1) is 17.8 Å². The summed E-state index contributed by atoms with van der Waals surface area (Å²) >= 11 is 0. The normalized spacial score (nSPS) is 15.7. The van der Waals surface area contributed by atoms with E-state index in [9.17, 15) is 4.79 Å². The van der Waals surface area contributed by atoms with E-state index in [1.54, 1.807) is 0 Å². The summed E-state index contributed by atoms with van der Waals surface area (Å²) in [6.45, 7) is 12.6. The minimum Gasteiger partial charge on any atom is -0.354 e. The number of nitrogens with one attached hydrogen (secondary N) is 1. The van der Waals surface area contributed by atoms with Gasteiger partial charge in [0.25, 0.3) is 0 Å². The second-order valence-corrected chi connectivity index (χ2v) is 5.02. The maximum absolute atomic E-state index is 11.6. The van der Waals surface area contributed by atoms with Gasteiger partial charge in [-0.15, -0.1) is 0 Å². The summed E-state index contributed by atoms with van der Waals surface area (Å²) in [6.07, 6.45) is 0.982. The molecule has 0 aliphatic rings. The molecule has 0 spiro atoms. The van der Waals surface area contributed by atoms with Crippen molar-refractivity contribution in [2.45, 2.75) is 54.0 Å². The Labute approximate surface area is 88.5 Å². The highest BCUT2D eigenvalue weighted by molar-refractivity contribution is 5.78.